The monoisotopic (exact) mass is 366 g/mol. The second-order valence-electron chi connectivity index (χ2n) is 6.88. The predicted molar refractivity (Wildman–Crippen MR) is 105 cm³/mol. The molecule has 0 aliphatic heterocycles. The molecule has 0 amide bonds. The average Bonchev–Trinajstić information content (AvgIpc) is 3.32. The van der Waals surface area contributed by atoms with Crippen molar-refractivity contribution in [1.82, 2.24) is 20.3 Å². The summed E-state index contributed by atoms with van der Waals surface area (Å²) in [5.74, 6) is 0. The maximum Gasteiger partial charge on any atom is 0.117 e. The molecule has 1 aliphatic carbocycles. The molecule has 4 nitrogen and oxygen atoms in total. The van der Waals surface area contributed by atoms with Gasteiger partial charge in [-0.2, -0.15) is 15.0 Å². The summed E-state index contributed by atoms with van der Waals surface area (Å²) in [6, 6.07) is 18.8. The van der Waals surface area contributed by atoms with Gasteiger partial charge in [0.05, 0.1) is 6.54 Å². The van der Waals surface area contributed by atoms with Gasteiger partial charge < -0.3 is 5.32 Å². The lowest BCUT2D eigenvalue weighted by atomic mass is 10.1. The van der Waals surface area contributed by atoms with Gasteiger partial charge in [-0.25, -0.2) is 0 Å². The molecule has 26 heavy (non-hydrogen) atoms. The maximum absolute atomic E-state index is 5.98. The van der Waals surface area contributed by atoms with Crippen LogP contribution in [-0.2, 0) is 13.1 Å². The van der Waals surface area contributed by atoms with E-state index in [0.717, 1.165) is 34.1 Å². The highest BCUT2D eigenvalue weighted by Crippen LogP contribution is 2.22. The van der Waals surface area contributed by atoms with Crippen molar-refractivity contribution in [2.75, 3.05) is 0 Å². The largest absolute Gasteiger partial charge is 0.308 e. The van der Waals surface area contributed by atoms with Crippen molar-refractivity contribution in [3.05, 3.63) is 70.9 Å². The van der Waals surface area contributed by atoms with Crippen LogP contribution >= 0.6 is 11.6 Å². The van der Waals surface area contributed by atoms with Crippen LogP contribution in [0.3, 0.4) is 0 Å². The quantitative estimate of drug-likeness (QED) is 0.688. The Kier molecular flexibility index (Phi) is 5.32. The SMILES string of the molecule is Clc1ccc(Cn2nc(CNC3CCCC3)c(-c3ccccc3)n2)cc1. The number of halogens is 1. The fourth-order valence-corrected chi connectivity index (χ4v) is 3.64. The molecule has 0 saturated heterocycles. The molecule has 1 heterocycles. The molecular formula is C21H23ClN4. The van der Waals surface area contributed by atoms with Crippen LogP contribution in [0.15, 0.2) is 54.6 Å². The van der Waals surface area contributed by atoms with Crippen molar-refractivity contribution in [2.45, 2.75) is 44.8 Å². The lowest BCUT2D eigenvalue weighted by molar-refractivity contribution is 0.511. The summed E-state index contributed by atoms with van der Waals surface area (Å²) in [5.41, 5.74) is 4.22. The Bertz CT molecular complexity index is 836. The molecule has 0 unspecified atom stereocenters. The van der Waals surface area contributed by atoms with Crippen molar-refractivity contribution in [3.63, 3.8) is 0 Å². The van der Waals surface area contributed by atoms with Crippen LogP contribution in [0.2, 0.25) is 5.02 Å². The lowest BCUT2D eigenvalue weighted by Crippen LogP contribution is -2.25. The summed E-state index contributed by atoms with van der Waals surface area (Å²) in [4.78, 5) is 1.79. The van der Waals surface area contributed by atoms with Crippen molar-refractivity contribution in [2.24, 2.45) is 0 Å². The van der Waals surface area contributed by atoms with Gasteiger partial charge in [-0.3, -0.25) is 0 Å². The third-order valence-electron chi connectivity index (χ3n) is 4.92. The van der Waals surface area contributed by atoms with Gasteiger partial charge in [-0.15, -0.1) is 0 Å². The molecule has 1 N–H and O–H groups in total. The third kappa shape index (κ3) is 4.14. The van der Waals surface area contributed by atoms with Crippen LogP contribution in [0.1, 0.15) is 36.9 Å². The Morgan fingerprint density at radius 2 is 1.69 bits per heavy atom. The van der Waals surface area contributed by atoms with E-state index >= 15 is 0 Å². The molecule has 3 aromatic rings. The van der Waals surface area contributed by atoms with Gasteiger partial charge in [-0.05, 0) is 30.5 Å². The minimum Gasteiger partial charge on any atom is -0.308 e. The first kappa shape index (κ1) is 17.3. The van der Waals surface area contributed by atoms with E-state index in [2.05, 4.69) is 17.4 Å². The molecule has 1 aromatic heterocycles. The van der Waals surface area contributed by atoms with Gasteiger partial charge >= 0.3 is 0 Å². The summed E-state index contributed by atoms with van der Waals surface area (Å²) >= 11 is 5.98. The highest BCUT2D eigenvalue weighted by atomic mass is 35.5. The van der Waals surface area contributed by atoms with E-state index in [-0.39, 0.29) is 0 Å². The topological polar surface area (TPSA) is 42.7 Å². The maximum atomic E-state index is 5.98. The van der Waals surface area contributed by atoms with Crippen molar-refractivity contribution >= 4 is 11.6 Å². The van der Waals surface area contributed by atoms with Gasteiger partial charge in [0.25, 0.3) is 0 Å². The third-order valence-corrected chi connectivity index (χ3v) is 5.17. The van der Waals surface area contributed by atoms with E-state index < -0.39 is 0 Å². The van der Waals surface area contributed by atoms with E-state index in [9.17, 15) is 0 Å². The van der Waals surface area contributed by atoms with Gasteiger partial charge in [0.1, 0.15) is 11.4 Å². The van der Waals surface area contributed by atoms with Gasteiger partial charge in [0.2, 0.25) is 0 Å². The number of hydrogen-bond acceptors (Lipinski definition) is 3. The molecule has 2 aromatic carbocycles. The van der Waals surface area contributed by atoms with Crippen LogP contribution in [0.4, 0.5) is 0 Å². The Balaban J connectivity index is 1.57. The Morgan fingerprint density at radius 1 is 0.962 bits per heavy atom. The van der Waals surface area contributed by atoms with Crippen LogP contribution < -0.4 is 5.32 Å². The number of benzene rings is 2. The number of rotatable bonds is 6. The number of aromatic nitrogens is 3. The van der Waals surface area contributed by atoms with Crippen LogP contribution in [0.25, 0.3) is 11.3 Å². The zero-order chi connectivity index (χ0) is 17.8. The van der Waals surface area contributed by atoms with Crippen molar-refractivity contribution < 1.29 is 0 Å². The van der Waals surface area contributed by atoms with Crippen LogP contribution in [0.5, 0.6) is 0 Å². The Labute approximate surface area is 159 Å². The molecule has 1 fully saturated rings. The molecule has 0 radical (unpaired) electrons. The second-order valence-corrected chi connectivity index (χ2v) is 7.32. The van der Waals surface area contributed by atoms with Crippen LogP contribution in [0, 0.1) is 0 Å². The summed E-state index contributed by atoms with van der Waals surface area (Å²) in [5, 5.41) is 14.0. The first-order valence-electron chi connectivity index (χ1n) is 9.25. The van der Waals surface area contributed by atoms with Gasteiger partial charge in [-0.1, -0.05) is 66.9 Å². The summed E-state index contributed by atoms with van der Waals surface area (Å²) in [7, 11) is 0. The van der Waals surface area contributed by atoms with E-state index in [1.165, 1.54) is 25.7 Å². The zero-order valence-electron chi connectivity index (χ0n) is 14.7. The van der Waals surface area contributed by atoms with E-state index in [4.69, 9.17) is 21.8 Å². The molecule has 4 rings (SSSR count). The molecule has 1 aliphatic rings. The lowest BCUT2D eigenvalue weighted by Gasteiger charge is -2.10. The number of nitrogens with zero attached hydrogens (tertiary/aromatic N) is 3. The first-order valence-corrected chi connectivity index (χ1v) is 9.63. The average molecular weight is 367 g/mol. The van der Waals surface area contributed by atoms with Gasteiger partial charge in [0.15, 0.2) is 0 Å². The standard InChI is InChI=1S/C21H23ClN4/c22-18-12-10-16(11-13-18)15-26-24-20(14-23-19-8-4-5-9-19)21(25-26)17-6-2-1-3-7-17/h1-3,6-7,10-13,19,23H,4-5,8-9,14-15H2. The zero-order valence-corrected chi connectivity index (χ0v) is 15.5. The summed E-state index contributed by atoms with van der Waals surface area (Å²) in [6.07, 6.45) is 5.18. The molecule has 1 saturated carbocycles. The van der Waals surface area contributed by atoms with Crippen molar-refractivity contribution in [3.8, 4) is 11.3 Å². The molecule has 0 atom stereocenters. The van der Waals surface area contributed by atoms with E-state index in [0.29, 0.717) is 12.6 Å². The minimum atomic E-state index is 0.611. The highest BCUT2D eigenvalue weighted by molar-refractivity contribution is 6.30. The fourth-order valence-electron chi connectivity index (χ4n) is 3.52. The number of nitrogens with one attached hydrogen (secondary N) is 1. The smallest absolute Gasteiger partial charge is 0.117 e. The molecular weight excluding hydrogens is 344 g/mol. The summed E-state index contributed by atoms with van der Waals surface area (Å²) in [6.45, 7) is 1.40. The van der Waals surface area contributed by atoms with E-state index in [1.807, 2.05) is 42.5 Å². The minimum absolute atomic E-state index is 0.611. The molecule has 0 spiro atoms. The molecule has 134 valence electrons. The molecule has 5 heteroatoms. The predicted octanol–water partition coefficient (Wildman–Crippen LogP) is 4.68. The second kappa shape index (κ2) is 8.02. The van der Waals surface area contributed by atoms with E-state index in [1.54, 1.807) is 4.80 Å². The number of hydrogen-bond donors (Lipinski definition) is 1. The Morgan fingerprint density at radius 3 is 2.42 bits per heavy atom. The first-order chi connectivity index (χ1) is 12.8. The van der Waals surface area contributed by atoms with Gasteiger partial charge in [0, 0.05) is 23.2 Å². The summed E-state index contributed by atoms with van der Waals surface area (Å²) < 4.78 is 0. The fraction of sp³-hybridized carbons (Fsp3) is 0.333. The highest BCUT2D eigenvalue weighted by Gasteiger charge is 2.18. The Hall–Kier alpha value is -2.17. The molecule has 0 bridgehead atoms. The normalized spacial score (nSPS) is 14.8. The van der Waals surface area contributed by atoms with Crippen LogP contribution in [-0.4, -0.2) is 21.0 Å². The van der Waals surface area contributed by atoms with Crippen molar-refractivity contribution in [1.29, 1.82) is 0 Å².